The molecule has 0 spiro atoms. The Morgan fingerprint density at radius 3 is 2.64 bits per heavy atom. The number of aromatic carboxylic acids is 1. The van der Waals surface area contributed by atoms with E-state index >= 15 is 0 Å². The first-order chi connectivity index (χ1) is 21.4. The fourth-order valence-electron chi connectivity index (χ4n) is 5.22. The van der Waals surface area contributed by atoms with Gasteiger partial charge in [-0.05, 0) is 60.0 Å². The van der Waals surface area contributed by atoms with E-state index in [9.17, 15) is 9.59 Å². The highest BCUT2D eigenvalue weighted by molar-refractivity contribution is 8.26. The minimum Gasteiger partial charge on any atom is -0.492 e. The molecule has 3 aromatic carbocycles. The zero-order valence-corrected chi connectivity index (χ0v) is 25.6. The summed E-state index contributed by atoms with van der Waals surface area (Å²) < 4.78 is 12.3. The molecule has 1 amide bonds. The highest BCUT2D eigenvalue weighted by Gasteiger charge is 2.31. The highest BCUT2D eigenvalue weighted by atomic mass is 32.2. The van der Waals surface area contributed by atoms with Gasteiger partial charge in [0.2, 0.25) is 0 Å². The standard InChI is InChI=1S/C34H31N3O5S2/c38-32-31(44-34(43)37(32)12-11-23-5-8-25(9-6-23)33(39)40)20-24-7-10-30(42-18-15-36-13-16-41-17-14-36)28(19-24)27-21-26-3-1-2-4-29(26)35-22-27/h1-10,19-22H,11-18H2,(H,39,40). The van der Waals surface area contributed by atoms with Crippen LogP contribution in [-0.2, 0) is 16.0 Å². The average molecular weight is 626 g/mol. The molecule has 10 heteroatoms. The molecule has 2 saturated heterocycles. The Balaban J connectivity index is 1.21. The van der Waals surface area contributed by atoms with Crippen molar-refractivity contribution in [2.24, 2.45) is 0 Å². The minimum atomic E-state index is -0.966. The fraction of sp³-hybridized carbons (Fsp3) is 0.235. The van der Waals surface area contributed by atoms with Gasteiger partial charge >= 0.3 is 5.97 Å². The molecule has 6 rings (SSSR count). The molecule has 0 bridgehead atoms. The second-order valence-corrected chi connectivity index (χ2v) is 12.2. The maximum Gasteiger partial charge on any atom is 0.335 e. The van der Waals surface area contributed by atoms with Crippen LogP contribution in [0.1, 0.15) is 21.5 Å². The first kappa shape index (κ1) is 30.0. The number of fused-ring (bicyclic) bond motifs is 1. The number of carboxylic acids is 1. The molecule has 224 valence electrons. The van der Waals surface area contributed by atoms with E-state index in [1.165, 1.54) is 11.8 Å². The number of carbonyl (C=O) groups is 2. The van der Waals surface area contributed by atoms with Crippen molar-refractivity contribution in [1.82, 2.24) is 14.8 Å². The highest BCUT2D eigenvalue weighted by Crippen LogP contribution is 2.36. The number of carbonyl (C=O) groups excluding carboxylic acids is 1. The van der Waals surface area contributed by atoms with Crippen molar-refractivity contribution in [3.8, 4) is 16.9 Å². The van der Waals surface area contributed by atoms with Crippen molar-refractivity contribution in [1.29, 1.82) is 0 Å². The molecule has 3 heterocycles. The number of pyridine rings is 1. The molecule has 4 aromatic rings. The number of benzene rings is 3. The van der Waals surface area contributed by atoms with Crippen LogP contribution in [0.3, 0.4) is 0 Å². The number of rotatable bonds is 10. The molecule has 0 radical (unpaired) electrons. The van der Waals surface area contributed by atoms with Gasteiger partial charge in [-0.3, -0.25) is 19.6 Å². The topological polar surface area (TPSA) is 92.2 Å². The summed E-state index contributed by atoms with van der Waals surface area (Å²) in [5.41, 5.74) is 4.78. The van der Waals surface area contributed by atoms with Crippen molar-refractivity contribution in [3.63, 3.8) is 0 Å². The number of carboxylic acid groups (broad SMARTS) is 1. The van der Waals surface area contributed by atoms with Gasteiger partial charge in [0, 0.05) is 48.9 Å². The van der Waals surface area contributed by atoms with E-state index in [2.05, 4.69) is 16.0 Å². The van der Waals surface area contributed by atoms with Crippen molar-refractivity contribution < 1.29 is 24.2 Å². The summed E-state index contributed by atoms with van der Waals surface area (Å²) in [7, 11) is 0. The molecule has 0 saturated carbocycles. The van der Waals surface area contributed by atoms with Gasteiger partial charge in [-0.2, -0.15) is 0 Å². The maximum atomic E-state index is 13.4. The molecule has 0 atom stereocenters. The molecule has 8 nitrogen and oxygen atoms in total. The number of morpholine rings is 1. The third kappa shape index (κ3) is 7.00. The first-order valence-electron chi connectivity index (χ1n) is 14.4. The lowest BCUT2D eigenvalue weighted by Crippen LogP contribution is -2.38. The summed E-state index contributed by atoms with van der Waals surface area (Å²) in [6, 6.07) is 22.7. The number of ether oxygens (including phenoxy) is 2. The molecule has 2 aliphatic heterocycles. The van der Waals surface area contributed by atoms with E-state index in [4.69, 9.17) is 26.8 Å². The number of nitrogens with zero attached hydrogens (tertiary/aromatic N) is 3. The van der Waals surface area contributed by atoms with Crippen LogP contribution in [0, 0.1) is 0 Å². The van der Waals surface area contributed by atoms with Gasteiger partial charge in [-0.25, -0.2) is 4.79 Å². The molecule has 1 N–H and O–H groups in total. The quantitative estimate of drug-likeness (QED) is 0.175. The van der Waals surface area contributed by atoms with Gasteiger partial charge in [0.1, 0.15) is 16.7 Å². The van der Waals surface area contributed by atoms with Crippen molar-refractivity contribution in [2.75, 3.05) is 46.0 Å². The van der Waals surface area contributed by atoms with Crippen LogP contribution < -0.4 is 4.74 Å². The van der Waals surface area contributed by atoms with Crippen molar-refractivity contribution in [3.05, 3.63) is 101 Å². The minimum absolute atomic E-state index is 0.137. The smallest absolute Gasteiger partial charge is 0.335 e. The van der Waals surface area contributed by atoms with Crippen LogP contribution in [0.25, 0.3) is 28.1 Å². The number of para-hydroxylation sites is 1. The average Bonchev–Trinajstić information content (AvgIpc) is 3.31. The van der Waals surface area contributed by atoms with Gasteiger partial charge in [0.05, 0.1) is 29.2 Å². The van der Waals surface area contributed by atoms with E-state index in [1.807, 2.05) is 54.7 Å². The third-order valence-electron chi connectivity index (χ3n) is 7.67. The van der Waals surface area contributed by atoms with Crippen LogP contribution in [0.5, 0.6) is 5.75 Å². The number of thiocarbonyl (C=S) groups is 1. The monoisotopic (exact) mass is 625 g/mol. The molecule has 0 aliphatic carbocycles. The van der Waals surface area contributed by atoms with Crippen molar-refractivity contribution in [2.45, 2.75) is 6.42 Å². The van der Waals surface area contributed by atoms with Gasteiger partial charge in [-0.15, -0.1) is 0 Å². The number of amides is 1. The van der Waals surface area contributed by atoms with Gasteiger partial charge in [0.25, 0.3) is 5.91 Å². The summed E-state index contributed by atoms with van der Waals surface area (Å²) in [6.07, 6.45) is 4.30. The van der Waals surface area contributed by atoms with Gasteiger partial charge in [-0.1, -0.05) is 60.4 Å². The zero-order valence-electron chi connectivity index (χ0n) is 24.0. The molecule has 1 aromatic heterocycles. The van der Waals surface area contributed by atoms with Crippen LogP contribution in [0.15, 0.2) is 83.9 Å². The SMILES string of the molecule is O=C(O)c1ccc(CCN2C(=O)C(=Cc3ccc(OCCN4CCOCC4)c(-c4cnc5ccccc5c4)c3)SC2=S)cc1. The molecular formula is C34H31N3O5S2. The zero-order chi connectivity index (χ0) is 30.5. The maximum absolute atomic E-state index is 13.4. The second-order valence-electron chi connectivity index (χ2n) is 10.6. The van der Waals surface area contributed by atoms with E-state index in [0.717, 1.165) is 71.8 Å². The van der Waals surface area contributed by atoms with Crippen LogP contribution in [0.4, 0.5) is 0 Å². The Hall–Kier alpha value is -4.09. The Morgan fingerprint density at radius 2 is 1.84 bits per heavy atom. The van der Waals surface area contributed by atoms with Gasteiger partial charge in [0.15, 0.2) is 0 Å². The summed E-state index contributed by atoms with van der Waals surface area (Å²) in [4.78, 5) is 33.7. The third-order valence-corrected chi connectivity index (χ3v) is 9.05. The van der Waals surface area contributed by atoms with Gasteiger partial charge < -0.3 is 14.6 Å². The first-order valence-corrected chi connectivity index (χ1v) is 15.7. The van der Waals surface area contributed by atoms with E-state index in [0.29, 0.717) is 28.8 Å². The molecule has 0 unspecified atom stereocenters. The Morgan fingerprint density at radius 1 is 1.05 bits per heavy atom. The van der Waals surface area contributed by atoms with Crippen LogP contribution >= 0.6 is 24.0 Å². The largest absolute Gasteiger partial charge is 0.492 e. The van der Waals surface area contributed by atoms with E-state index in [1.54, 1.807) is 29.2 Å². The number of thioether (sulfide) groups is 1. The Labute approximate surface area is 265 Å². The number of aromatic nitrogens is 1. The normalized spacial score (nSPS) is 16.6. The predicted octanol–water partition coefficient (Wildman–Crippen LogP) is 5.75. The summed E-state index contributed by atoms with van der Waals surface area (Å²) >= 11 is 6.85. The molecule has 44 heavy (non-hydrogen) atoms. The molecule has 2 aliphatic rings. The lowest BCUT2D eigenvalue weighted by atomic mass is 10.0. The van der Waals surface area contributed by atoms with Crippen LogP contribution in [0.2, 0.25) is 0 Å². The second kappa shape index (κ2) is 13.7. The number of hydrogen-bond acceptors (Lipinski definition) is 8. The molecular weight excluding hydrogens is 595 g/mol. The van der Waals surface area contributed by atoms with Crippen molar-refractivity contribution >= 4 is 57.2 Å². The van der Waals surface area contributed by atoms with E-state index < -0.39 is 5.97 Å². The lowest BCUT2D eigenvalue weighted by Gasteiger charge is -2.26. The lowest BCUT2D eigenvalue weighted by molar-refractivity contribution is -0.122. The summed E-state index contributed by atoms with van der Waals surface area (Å²) in [6.45, 7) is 5.07. The number of hydrogen-bond donors (Lipinski definition) is 1. The summed E-state index contributed by atoms with van der Waals surface area (Å²) in [5, 5.41) is 10.2. The Kier molecular flexibility index (Phi) is 9.32. The van der Waals surface area contributed by atoms with E-state index in [-0.39, 0.29) is 11.5 Å². The fourth-order valence-corrected chi connectivity index (χ4v) is 6.52. The summed E-state index contributed by atoms with van der Waals surface area (Å²) in [5.74, 6) is -0.345. The van der Waals surface area contributed by atoms with Crippen LogP contribution in [-0.4, -0.2) is 82.1 Å². The Bertz CT molecular complexity index is 1730. The predicted molar refractivity (Wildman–Crippen MR) is 177 cm³/mol. The molecule has 2 fully saturated rings.